The molecule has 0 aliphatic heterocycles. The van der Waals surface area contributed by atoms with Crippen LogP contribution >= 0.6 is 0 Å². The first kappa shape index (κ1) is 16.3. The molecule has 0 unspecified atom stereocenters. The summed E-state index contributed by atoms with van der Waals surface area (Å²) in [4.78, 5) is 0.151. The summed E-state index contributed by atoms with van der Waals surface area (Å²) < 4.78 is 37.4. The van der Waals surface area contributed by atoms with Gasteiger partial charge in [0.05, 0.1) is 30.3 Å². The lowest BCUT2D eigenvalue weighted by molar-refractivity contribution is 0.414. The number of hydrogen-bond acceptors (Lipinski definition) is 5. The summed E-state index contributed by atoms with van der Waals surface area (Å²) in [6, 6.07) is 11.6. The van der Waals surface area contributed by atoms with E-state index >= 15 is 0 Å². The Balaban J connectivity index is 2.22. The maximum Gasteiger partial charge on any atom is 0.283 e. The van der Waals surface area contributed by atoms with Crippen molar-refractivity contribution in [2.75, 3.05) is 14.2 Å². The van der Waals surface area contributed by atoms with E-state index in [-0.39, 0.29) is 4.90 Å². The van der Waals surface area contributed by atoms with Gasteiger partial charge in [-0.3, -0.25) is 0 Å². The van der Waals surface area contributed by atoms with Gasteiger partial charge < -0.3 is 9.47 Å². The van der Waals surface area contributed by atoms with Crippen LogP contribution in [0.3, 0.4) is 0 Å². The van der Waals surface area contributed by atoms with E-state index in [9.17, 15) is 8.42 Å². The smallest absolute Gasteiger partial charge is 0.283 e. The third-order valence-corrected chi connectivity index (χ3v) is 5.45. The lowest BCUT2D eigenvalue weighted by Crippen LogP contribution is -2.14. The molecule has 6 nitrogen and oxygen atoms in total. The first-order valence-corrected chi connectivity index (χ1v) is 8.90. The summed E-state index contributed by atoms with van der Waals surface area (Å²) in [6.07, 6.45) is 0.633. The number of aromatic nitrogens is 2. The molecule has 3 aromatic rings. The molecule has 0 fully saturated rings. The summed E-state index contributed by atoms with van der Waals surface area (Å²) in [5.74, 6) is 1.17. The topological polar surface area (TPSA) is 70.4 Å². The van der Waals surface area contributed by atoms with Crippen molar-refractivity contribution < 1.29 is 17.9 Å². The van der Waals surface area contributed by atoms with Gasteiger partial charge in [-0.15, -0.1) is 0 Å². The molecule has 0 bridgehead atoms. The minimum atomic E-state index is -3.81. The largest absolute Gasteiger partial charge is 0.497 e. The fraction of sp³-hybridized carbons (Fsp3) is 0.235. The van der Waals surface area contributed by atoms with E-state index in [0.717, 1.165) is 15.2 Å². The maximum absolute atomic E-state index is 13.0. The quantitative estimate of drug-likeness (QED) is 0.710. The molecule has 24 heavy (non-hydrogen) atoms. The minimum absolute atomic E-state index is 0.151. The van der Waals surface area contributed by atoms with Crippen LogP contribution < -0.4 is 9.47 Å². The van der Waals surface area contributed by atoms with Crippen LogP contribution in [0, 0.1) is 0 Å². The SMILES string of the molecule is CCc1nn(S(=O)(=O)c2ccc(OC)cc2)c2cc(OC)ccc12. The fourth-order valence-electron chi connectivity index (χ4n) is 2.55. The maximum atomic E-state index is 13.0. The molecule has 7 heteroatoms. The number of methoxy groups -OCH3 is 2. The molecule has 0 spiro atoms. The summed E-state index contributed by atoms with van der Waals surface area (Å²) in [5, 5.41) is 5.12. The van der Waals surface area contributed by atoms with E-state index in [1.165, 1.54) is 19.2 Å². The van der Waals surface area contributed by atoms with Crippen LogP contribution in [-0.4, -0.2) is 31.8 Å². The Kier molecular flexibility index (Phi) is 4.19. The van der Waals surface area contributed by atoms with Gasteiger partial charge in [0.1, 0.15) is 11.5 Å². The van der Waals surface area contributed by atoms with E-state index in [4.69, 9.17) is 9.47 Å². The number of fused-ring (bicyclic) bond motifs is 1. The zero-order valence-corrected chi connectivity index (χ0v) is 14.5. The average Bonchev–Trinajstić information content (AvgIpc) is 3.00. The van der Waals surface area contributed by atoms with E-state index in [1.807, 2.05) is 13.0 Å². The molecule has 0 atom stereocenters. The predicted octanol–water partition coefficient (Wildman–Crippen LogP) is 2.85. The molecule has 1 aromatic heterocycles. The van der Waals surface area contributed by atoms with Crippen LogP contribution in [0.15, 0.2) is 47.4 Å². The first-order chi connectivity index (χ1) is 11.5. The van der Waals surface area contributed by atoms with Crippen molar-refractivity contribution in [2.45, 2.75) is 18.2 Å². The summed E-state index contributed by atoms with van der Waals surface area (Å²) in [7, 11) is -0.736. The van der Waals surface area contributed by atoms with Gasteiger partial charge in [0.25, 0.3) is 10.0 Å². The third kappa shape index (κ3) is 2.60. The Morgan fingerprint density at radius 1 is 1.00 bits per heavy atom. The second kappa shape index (κ2) is 6.16. The predicted molar refractivity (Wildman–Crippen MR) is 91.2 cm³/mol. The molecule has 0 aliphatic carbocycles. The van der Waals surface area contributed by atoms with Crippen LogP contribution in [0.25, 0.3) is 10.9 Å². The van der Waals surface area contributed by atoms with E-state index < -0.39 is 10.0 Å². The van der Waals surface area contributed by atoms with E-state index in [1.54, 1.807) is 31.4 Å². The zero-order valence-electron chi connectivity index (χ0n) is 13.7. The Labute approximate surface area is 140 Å². The Bertz CT molecular complexity index is 976. The highest BCUT2D eigenvalue weighted by atomic mass is 32.2. The Morgan fingerprint density at radius 3 is 2.21 bits per heavy atom. The van der Waals surface area contributed by atoms with Crippen molar-refractivity contribution in [3.05, 3.63) is 48.2 Å². The lowest BCUT2D eigenvalue weighted by atomic mass is 10.2. The molecular weight excluding hydrogens is 328 g/mol. The highest BCUT2D eigenvalue weighted by Gasteiger charge is 2.23. The lowest BCUT2D eigenvalue weighted by Gasteiger charge is -2.07. The van der Waals surface area contributed by atoms with E-state index in [2.05, 4.69) is 5.10 Å². The summed E-state index contributed by atoms with van der Waals surface area (Å²) >= 11 is 0. The van der Waals surface area contributed by atoms with Crippen LogP contribution in [-0.2, 0) is 16.4 Å². The first-order valence-electron chi connectivity index (χ1n) is 7.46. The monoisotopic (exact) mass is 346 g/mol. The zero-order chi connectivity index (χ0) is 17.3. The number of ether oxygens (including phenoxy) is 2. The van der Waals surface area contributed by atoms with Crippen LogP contribution in [0.5, 0.6) is 11.5 Å². The number of aryl methyl sites for hydroxylation is 1. The molecule has 0 saturated heterocycles. The van der Waals surface area contributed by atoms with Gasteiger partial charge in [0.15, 0.2) is 0 Å². The van der Waals surface area contributed by atoms with Crippen molar-refractivity contribution >= 4 is 20.9 Å². The van der Waals surface area contributed by atoms with Crippen molar-refractivity contribution in [3.63, 3.8) is 0 Å². The Morgan fingerprint density at radius 2 is 1.62 bits per heavy atom. The van der Waals surface area contributed by atoms with Crippen molar-refractivity contribution in [1.82, 2.24) is 9.19 Å². The van der Waals surface area contributed by atoms with Gasteiger partial charge in [0.2, 0.25) is 0 Å². The van der Waals surface area contributed by atoms with Gasteiger partial charge in [-0.05, 0) is 42.8 Å². The molecule has 3 rings (SSSR count). The molecule has 0 amide bonds. The van der Waals surface area contributed by atoms with E-state index in [0.29, 0.717) is 23.4 Å². The average molecular weight is 346 g/mol. The van der Waals surface area contributed by atoms with Crippen molar-refractivity contribution in [2.24, 2.45) is 0 Å². The van der Waals surface area contributed by atoms with Crippen LogP contribution in [0.1, 0.15) is 12.6 Å². The van der Waals surface area contributed by atoms with Crippen molar-refractivity contribution in [3.8, 4) is 11.5 Å². The molecule has 1 heterocycles. The van der Waals surface area contributed by atoms with Crippen molar-refractivity contribution in [1.29, 1.82) is 0 Å². The molecule has 0 aliphatic rings. The summed E-state index contributed by atoms with van der Waals surface area (Å²) in [6.45, 7) is 1.94. The van der Waals surface area contributed by atoms with Gasteiger partial charge in [0, 0.05) is 11.5 Å². The molecule has 2 aromatic carbocycles. The van der Waals surface area contributed by atoms with Crippen LogP contribution in [0.4, 0.5) is 0 Å². The number of nitrogens with zero attached hydrogens (tertiary/aromatic N) is 2. The number of benzene rings is 2. The third-order valence-electron chi connectivity index (χ3n) is 3.85. The van der Waals surface area contributed by atoms with Gasteiger partial charge in [-0.1, -0.05) is 6.92 Å². The van der Waals surface area contributed by atoms with Gasteiger partial charge in [-0.25, -0.2) is 0 Å². The van der Waals surface area contributed by atoms with Gasteiger partial charge >= 0.3 is 0 Å². The summed E-state index contributed by atoms with van der Waals surface area (Å²) in [5.41, 5.74) is 1.23. The van der Waals surface area contributed by atoms with Gasteiger partial charge in [-0.2, -0.15) is 17.6 Å². The standard InChI is InChI=1S/C17H18N2O4S/c1-4-16-15-10-7-13(23-3)11-17(15)19(18-16)24(20,21)14-8-5-12(22-2)6-9-14/h5-11H,4H2,1-3H3. The highest BCUT2D eigenvalue weighted by Crippen LogP contribution is 2.28. The molecule has 0 radical (unpaired) electrons. The number of rotatable bonds is 5. The minimum Gasteiger partial charge on any atom is -0.497 e. The molecule has 126 valence electrons. The second-order valence-electron chi connectivity index (χ2n) is 5.21. The molecular formula is C17H18N2O4S. The highest BCUT2D eigenvalue weighted by molar-refractivity contribution is 7.90. The second-order valence-corrected chi connectivity index (χ2v) is 6.97. The molecule has 0 saturated carbocycles. The molecule has 0 N–H and O–H groups in total. The normalized spacial score (nSPS) is 11.6. The Hall–Kier alpha value is -2.54. The number of hydrogen-bond donors (Lipinski definition) is 0. The fourth-order valence-corrected chi connectivity index (χ4v) is 3.85. The van der Waals surface area contributed by atoms with Crippen LogP contribution in [0.2, 0.25) is 0 Å².